The van der Waals surface area contributed by atoms with Crippen LogP contribution >= 0.6 is 0 Å². The van der Waals surface area contributed by atoms with Crippen LogP contribution in [0.2, 0.25) is 0 Å². The highest BCUT2D eigenvalue weighted by molar-refractivity contribution is 5.32. The minimum atomic E-state index is -0.933. The minimum Gasteiger partial charge on any atom is -0.388 e. The highest BCUT2D eigenvalue weighted by atomic mass is 19.2. The molecule has 2 aromatic carbocycles. The van der Waals surface area contributed by atoms with Gasteiger partial charge < -0.3 is 5.11 Å². The summed E-state index contributed by atoms with van der Waals surface area (Å²) in [6, 6.07) is 9.49. The molecule has 1 nitrogen and oxygen atoms in total. The van der Waals surface area contributed by atoms with Crippen molar-refractivity contribution in [3.8, 4) is 0 Å². The van der Waals surface area contributed by atoms with E-state index in [0.717, 1.165) is 28.8 Å². The molecule has 1 unspecified atom stereocenters. The van der Waals surface area contributed by atoms with E-state index < -0.39 is 17.7 Å². The second kappa shape index (κ2) is 5.49. The zero-order valence-corrected chi connectivity index (χ0v) is 11.0. The lowest BCUT2D eigenvalue weighted by atomic mass is 9.96. The predicted octanol–water partition coefficient (Wildman–Crippen LogP) is 3.86. The molecule has 100 valence electrons. The molecule has 0 saturated carbocycles. The van der Waals surface area contributed by atoms with E-state index in [9.17, 15) is 13.9 Å². The maximum Gasteiger partial charge on any atom is 0.159 e. The van der Waals surface area contributed by atoms with Crippen molar-refractivity contribution in [1.29, 1.82) is 0 Å². The third kappa shape index (κ3) is 3.18. The summed E-state index contributed by atoms with van der Waals surface area (Å²) < 4.78 is 26.0. The third-order valence-electron chi connectivity index (χ3n) is 3.25. The smallest absolute Gasteiger partial charge is 0.159 e. The Labute approximate surface area is 111 Å². The van der Waals surface area contributed by atoms with Gasteiger partial charge in [0, 0.05) is 6.42 Å². The van der Waals surface area contributed by atoms with Crippen LogP contribution in [0.25, 0.3) is 0 Å². The van der Waals surface area contributed by atoms with E-state index in [2.05, 4.69) is 0 Å². The van der Waals surface area contributed by atoms with Gasteiger partial charge in [0.25, 0.3) is 0 Å². The normalized spacial score (nSPS) is 12.5. The summed E-state index contributed by atoms with van der Waals surface area (Å²) in [5.41, 5.74) is 3.59. The van der Waals surface area contributed by atoms with Crippen LogP contribution in [-0.2, 0) is 6.42 Å². The summed E-state index contributed by atoms with van der Waals surface area (Å²) in [5, 5.41) is 10.1. The number of aliphatic hydroxyl groups excluding tert-OH is 1. The van der Waals surface area contributed by atoms with E-state index in [0.29, 0.717) is 12.0 Å². The Kier molecular flexibility index (Phi) is 3.96. The van der Waals surface area contributed by atoms with Gasteiger partial charge in [0.15, 0.2) is 11.6 Å². The van der Waals surface area contributed by atoms with Gasteiger partial charge in [-0.1, -0.05) is 29.8 Å². The first kappa shape index (κ1) is 13.7. The van der Waals surface area contributed by atoms with Crippen LogP contribution in [0.15, 0.2) is 36.4 Å². The fourth-order valence-electron chi connectivity index (χ4n) is 2.07. The first-order valence-electron chi connectivity index (χ1n) is 6.16. The van der Waals surface area contributed by atoms with Gasteiger partial charge in [-0.25, -0.2) is 8.78 Å². The van der Waals surface area contributed by atoms with Gasteiger partial charge in [0.2, 0.25) is 0 Å². The van der Waals surface area contributed by atoms with Crippen LogP contribution < -0.4 is 0 Å². The van der Waals surface area contributed by atoms with Crippen molar-refractivity contribution in [2.24, 2.45) is 0 Å². The summed E-state index contributed by atoms with van der Waals surface area (Å²) in [7, 11) is 0. The predicted molar refractivity (Wildman–Crippen MR) is 70.9 cm³/mol. The van der Waals surface area contributed by atoms with E-state index in [1.54, 1.807) is 0 Å². The molecule has 0 saturated heterocycles. The van der Waals surface area contributed by atoms with E-state index in [1.165, 1.54) is 6.07 Å². The van der Waals surface area contributed by atoms with Crippen LogP contribution in [0.1, 0.15) is 28.4 Å². The lowest BCUT2D eigenvalue weighted by Crippen LogP contribution is -2.04. The molecule has 0 aliphatic rings. The van der Waals surface area contributed by atoms with Crippen molar-refractivity contribution in [3.63, 3.8) is 0 Å². The summed E-state index contributed by atoms with van der Waals surface area (Å²) >= 11 is 0. The van der Waals surface area contributed by atoms with E-state index >= 15 is 0 Å². The average molecular weight is 262 g/mol. The Bertz CT molecular complexity index is 593. The summed E-state index contributed by atoms with van der Waals surface area (Å²) in [5.74, 6) is -1.83. The molecule has 1 atom stereocenters. The number of aryl methyl sites for hydroxylation is 2. The standard InChI is InChI=1S/C16H16F2O/c1-10-3-4-11(2)13(7-10)9-16(19)12-5-6-14(17)15(18)8-12/h3-8,16,19H,9H2,1-2H3. The van der Waals surface area contributed by atoms with Crippen LogP contribution in [0.4, 0.5) is 8.78 Å². The fraction of sp³-hybridized carbons (Fsp3) is 0.250. The number of rotatable bonds is 3. The average Bonchev–Trinajstić information content (AvgIpc) is 2.37. The molecule has 2 aromatic rings. The maximum atomic E-state index is 13.1. The van der Waals surface area contributed by atoms with E-state index in [1.807, 2.05) is 32.0 Å². The Hall–Kier alpha value is -1.74. The second-order valence-electron chi connectivity index (χ2n) is 4.82. The summed E-state index contributed by atoms with van der Waals surface area (Å²) in [6.07, 6.45) is -0.450. The molecule has 0 aliphatic carbocycles. The number of hydrogen-bond donors (Lipinski definition) is 1. The zero-order valence-electron chi connectivity index (χ0n) is 11.0. The van der Waals surface area contributed by atoms with Gasteiger partial charge >= 0.3 is 0 Å². The lowest BCUT2D eigenvalue weighted by Gasteiger charge is -2.14. The van der Waals surface area contributed by atoms with Crippen molar-refractivity contribution in [1.82, 2.24) is 0 Å². The van der Waals surface area contributed by atoms with Crippen LogP contribution in [-0.4, -0.2) is 5.11 Å². The molecule has 0 amide bonds. The molecule has 1 N–H and O–H groups in total. The Morgan fingerprint density at radius 2 is 1.74 bits per heavy atom. The first-order chi connectivity index (χ1) is 8.97. The fourth-order valence-corrected chi connectivity index (χ4v) is 2.07. The van der Waals surface area contributed by atoms with Gasteiger partial charge in [0.05, 0.1) is 6.10 Å². The molecule has 2 rings (SSSR count). The molecule has 0 fully saturated rings. The van der Waals surface area contributed by atoms with Gasteiger partial charge in [-0.15, -0.1) is 0 Å². The van der Waals surface area contributed by atoms with E-state index in [4.69, 9.17) is 0 Å². The summed E-state index contributed by atoms with van der Waals surface area (Å²) in [4.78, 5) is 0. The maximum absolute atomic E-state index is 13.1. The molecular formula is C16H16F2O. The number of aliphatic hydroxyl groups is 1. The Morgan fingerprint density at radius 1 is 1.00 bits per heavy atom. The van der Waals surface area contributed by atoms with Gasteiger partial charge in [0.1, 0.15) is 0 Å². The van der Waals surface area contributed by atoms with Crippen molar-refractivity contribution < 1.29 is 13.9 Å². The molecular weight excluding hydrogens is 246 g/mol. The van der Waals surface area contributed by atoms with Crippen molar-refractivity contribution in [2.45, 2.75) is 26.4 Å². The van der Waals surface area contributed by atoms with E-state index in [-0.39, 0.29) is 0 Å². The molecule has 0 aromatic heterocycles. The highest BCUT2D eigenvalue weighted by Crippen LogP contribution is 2.22. The molecule has 19 heavy (non-hydrogen) atoms. The third-order valence-corrected chi connectivity index (χ3v) is 3.25. The van der Waals surface area contributed by atoms with Crippen LogP contribution in [0.3, 0.4) is 0 Å². The van der Waals surface area contributed by atoms with Crippen LogP contribution in [0.5, 0.6) is 0 Å². The molecule has 0 heterocycles. The first-order valence-corrected chi connectivity index (χ1v) is 6.16. The number of benzene rings is 2. The van der Waals surface area contributed by atoms with Crippen molar-refractivity contribution in [3.05, 3.63) is 70.3 Å². The number of halogens is 2. The van der Waals surface area contributed by atoms with Gasteiger partial charge in [-0.05, 0) is 42.7 Å². The molecule has 0 spiro atoms. The Morgan fingerprint density at radius 3 is 2.42 bits per heavy atom. The zero-order chi connectivity index (χ0) is 14.0. The largest absolute Gasteiger partial charge is 0.388 e. The van der Waals surface area contributed by atoms with Crippen molar-refractivity contribution in [2.75, 3.05) is 0 Å². The SMILES string of the molecule is Cc1ccc(C)c(CC(O)c2ccc(F)c(F)c2)c1. The van der Waals surface area contributed by atoms with Crippen LogP contribution in [0, 0.1) is 25.5 Å². The topological polar surface area (TPSA) is 20.2 Å². The monoisotopic (exact) mass is 262 g/mol. The molecule has 0 bridgehead atoms. The molecule has 3 heteroatoms. The molecule has 0 radical (unpaired) electrons. The van der Waals surface area contributed by atoms with Crippen molar-refractivity contribution >= 4 is 0 Å². The molecule has 0 aliphatic heterocycles. The number of hydrogen-bond acceptors (Lipinski definition) is 1. The van der Waals surface area contributed by atoms with Gasteiger partial charge in [-0.3, -0.25) is 0 Å². The van der Waals surface area contributed by atoms with Gasteiger partial charge in [-0.2, -0.15) is 0 Å². The Balaban J connectivity index is 2.22. The quantitative estimate of drug-likeness (QED) is 0.890. The lowest BCUT2D eigenvalue weighted by molar-refractivity contribution is 0.177. The summed E-state index contributed by atoms with van der Waals surface area (Å²) in [6.45, 7) is 3.94. The second-order valence-corrected chi connectivity index (χ2v) is 4.82. The minimum absolute atomic E-state index is 0.387. The highest BCUT2D eigenvalue weighted by Gasteiger charge is 2.13.